The van der Waals surface area contributed by atoms with Gasteiger partial charge in [-0.1, -0.05) is 20.8 Å². The summed E-state index contributed by atoms with van der Waals surface area (Å²) in [7, 11) is 0. The third-order valence-corrected chi connectivity index (χ3v) is 4.03. The number of aromatic nitrogens is 1. The number of oxazole rings is 1. The van der Waals surface area contributed by atoms with Crippen molar-refractivity contribution in [1.29, 1.82) is 0 Å². The van der Waals surface area contributed by atoms with Crippen LogP contribution in [0.1, 0.15) is 45.8 Å². The lowest BCUT2D eigenvalue weighted by molar-refractivity contribution is -0.143. The Hall–Kier alpha value is -1.77. The number of likely N-dealkylation sites (tertiary alicyclic amines) is 1. The maximum absolute atomic E-state index is 12.5. The highest BCUT2D eigenvalue weighted by Crippen LogP contribution is 2.23. The maximum atomic E-state index is 12.5. The smallest absolute Gasteiger partial charge is 0.401 e. The van der Waals surface area contributed by atoms with E-state index in [2.05, 4.69) is 20.6 Å². The Bertz CT molecular complexity index is 606. The van der Waals surface area contributed by atoms with E-state index in [9.17, 15) is 13.2 Å². The Morgan fingerprint density at radius 2 is 2.12 bits per heavy atom. The summed E-state index contributed by atoms with van der Waals surface area (Å²) in [5.41, 5.74) is -0.122. The fourth-order valence-corrected chi connectivity index (χ4v) is 2.74. The van der Waals surface area contributed by atoms with Crippen molar-refractivity contribution in [3.63, 3.8) is 0 Å². The van der Waals surface area contributed by atoms with Crippen LogP contribution >= 0.6 is 0 Å². The second-order valence-electron chi connectivity index (χ2n) is 7.54. The molecule has 0 bridgehead atoms. The number of hydrogen-bond acceptors (Lipinski definition) is 4. The van der Waals surface area contributed by atoms with Crippen LogP contribution in [0.3, 0.4) is 0 Å². The average molecular weight is 375 g/mol. The van der Waals surface area contributed by atoms with Crippen molar-refractivity contribution in [1.82, 2.24) is 20.5 Å². The molecule has 1 aromatic rings. The van der Waals surface area contributed by atoms with E-state index in [0.29, 0.717) is 37.9 Å². The Kier molecular flexibility index (Phi) is 6.54. The number of hydrogen-bond donors (Lipinski definition) is 2. The number of alkyl halides is 3. The Balaban J connectivity index is 1.92. The monoisotopic (exact) mass is 375 g/mol. The Morgan fingerprint density at radius 3 is 2.69 bits per heavy atom. The predicted octanol–water partition coefficient (Wildman–Crippen LogP) is 2.66. The first-order valence-corrected chi connectivity index (χ1v) is 8.86. The Labute approximate surface area is 152 Å². The molecule has 1 aromatic heterocycles. The van der Waals surface area contributed by atoms with Crippen molar-refractivity contribution >= 4 is 5.96 Å². The molecule has 0 spiro atoms. The fraction of sp³-hybridized carbons (Fsp3) is 0.765. The van der Waals surface area contributed by atoms with Gasteiger partial charge in [-0.05, 0) is 13.3 Å². The molecule has 148 valence electrons. The highest BCUT2D eigenvalue weighted by molar-refractivity contribution is 5.80. The SMILES string of the molecule is CCNC(=NCc1ncc(C(C)(C)C)o1)NC1CCN(CC(F)(F)F)C1. The lowest BCUT2D eigenvalue weighted by atomic mass is 9.94. The zero-order valence-electron chi connectivity index (χ0n) is 15.8. The standard InChI is InChI=1S/C17H28F3N5O/c1-5-21-15(23-9-14-22-8-13(26-14)16(2,3)4)24-12-6-7-25(10-12)11-17(18,19)20/h8,12H,5-7,9-11H2,1-4H3,(H2,21,23,24). The van der Waals surface area contributed by atoms with Crippen LogP contribution in [-0.4, -0.2) is 54.2 Å². The summed E-state index contributed by atoms with van der Waals surface area (Å²) in [5, 5.41) is 6.31. The molecule has 6 nitrogen and oxygen atoms in total. The van der Waals surface area contributed by atoms with Gasteiger partial charge >= 0.3 is 6.18 Å². The van der Waals surface area contributed by atoms with Gasteiger partial charge in [-0.25, -0.2) is 9.98 Å². The third kappa shape index (κ3) is 6.51. The van der Waals surface area contributed by atoms with Crippen LogP contribution in [0.15, 0.2) is 15.6 Å². The van der Waals surface area contributed by atoms with Crippen LogP contribution < -0.4 is 10.6 Å². The molecule has 2 N–H and O–H groups in total. The highest BCUT2D eigenvalue weighted by Gasteiger charge is 2.34. The summed E-state index contributed by atoms with van der Waals surface area (Å²) >= 11 is 0. The third-order valence-electron chi connectivity index (χ3n) is 4.03. The summed E-state index contributed by atoms with van der Waals surface area (Å²) < 4.78 is 43.2. The van der Waals surface area contributed by atoms with E-state index >= 15 is 0 Å². The minimum atomic E-state index is -4.16. The van der Waals surface area contributed by atoms with Gasteiger partial charge in [0, 0.05) is 31.1 Å². The molecule has 2 heterocycles. The maximum Gasteiger partial charge on any atom is 0.401 e. The highest BCUT2D eigenvalue weighted by atomic mass is 19.4. The van der Waals surface area contributed by atoms with Crippen molar-refractivity contribution in [2.75, 3.05) is 26.2 Å². The molecule has 1 saturated heterocycles. The number of halogens is 3. The number of nitrogens with one attached hydrogen (secondary N) is 2. The molecule has 0 amide bonds. The molecule has 2 rings (SSSR count). The molecule has 1 fully saturated rings. The van der Waals surface area contributed by atoms with E-state index in [0.717, 1.165) is 5.76 Å². The normalized spacial score (nSPS) is 19.8. The van der Waals surface area contributed by atoms with Gasteiger partial charge < -0.3 is 15.1 Å². The van der Waals surface area contributed by atoms with Gasteiger partial charge in [-0.15, -0.1) is 0 Å². The molecule has 1 unspecified atom stereocenters. The van der Waals surface area contributed by atoms with Crippen LogP contribution in [-0.2, 0) is 12.0 Å². The fourth-order valence-electron chi connectivity index (χ4n) is 2.74. The number of aliphatic imine (C=N–C) groups is 1. The van der Waals surface area contributed by atoms with Crippen molar-refractivity contribution in [2.24, 2.45) is 4.99 Å². The quantitative estimate of drug-likeness (QED) is 0.612. The van der Waals surface area contributed by atoms with Gasteiger partial charge in [0.2, 0.25) is 5.89 Å². The van der Waals surface area contributed by atoms with E-state index in [1.807, 2.05) is 27.7 Å². The zero-order chi connectivity index (χ0) is 19.4. The second kappa shape index (κ2) is 8.28. The summed E-state index contributed by atoms with van der Waals surface area (Å²) in [5.74, 6) is 1.86. The topological polar surface area (TPSA) is 65.7 Å². The molecule has 26 heavy (non-hydrogen) atoms. The molecule has 0 radical (unpaired) electrons. The second-order valence-corrected chi connectivity index (χ2v) is 7.54. The molecular formula is C17H28F3N5O. The van der Waals surface area contributed by atoms with Gasteiger partial charge in [-0.2, -0.15) is 13.2 Å². The summed E-state index contributed by atoms with van der Waals surface area (Å²) in [6, 6.07) is -0.0650. The minimum absolute atomic E-state index is 0.0650. The molecule has 0 aromatic carbocycles. The molecule has 9 heteroatoms. The number of guanidine groups is 1. The van der Waals surface area contributed by atoms with Gasteiger partial charge in [0.05, 0.1) is 12.7 Å². The zero-order valence-corrected chi connectivity index (χ0v) is 15.8. The molecule has 1 aliphatic heterocycles. The van der Waals surface area contributed by atoms with Crippen molar-refractivity contribution in [3.8, 4) is 0 Å². The number of nitrogens with zero attached hydrogens (tertiary/aromatic N) is 3. The molecule has 1 aliphatic rings. The van der Waals surface area contributed by atoms with Crippen LogP contribution in [0.5, 0.6) is 0 Å². The average Bonchev–Trinajstić information content (AvgIpc) is 3.12. The van der Waals surface area contributed by atoms with Crippen molar-refractivity contribution < 1.29 is 17.6 Å². The molecule has 1 atom stereocenters. The van der Waals surface area contributed by atoms with Gasteiger partial charge in [0.1, 0.15) is 12.3 Å². The molecule has 0 aliphatic carbocycles. The van der Waals surface area contributed by atoms with Crippen LogP contribution in [0.4, 0.5) is 13.2 Å². The van der Waals surface area contributed by atoms with Gasteiger partial charge in [-0.3, -0.25) is 4.90 Å². The molecule has 0 saturated carbocycles. The van der Waals surface area contributed by atoms with E-state index in [4.69, 9.17) is 4.42 Å². The predicted molar refractivity (Wildman–Crippen MR) is 94.1 cm³/mol. The van der Waals surface area contributed by atoms with Crippen LogP contribution in [0.2, 0.25) is 0 Å². The van der Waals surface area contributed by atoms with E-state index < -0.39 is 12.7 Å². The van der Waals surface area contributed by atoms with Crippen LogP contribution in [0.25, 0.3) is 0 Å². The number of rotatable bonds is 5. The first-order valence-electron chi connectivity index (χ1n) is 8.86. The van der Waals surface area contributed by atoms with Gasteiger partial charge in [0.15, 0.2) is 5.96 Å². The van der Waals surface area contributed by atoms with Crippen molar-refractivity contribution in [2.45, 2.75) is 58.3 Å². The first-order chi connectivity index (χ1) is 12.1. The molecular weight excluding hydrogens is 347 g/mol. The summed E-state index contributed by atoms with van der Waals surface area (Å²) in [4.78, 5) is 10.1. The lowest BCUT2D eigenvalue weighted by Gasteiger charge is -2.19. The summed E-state index contributed by atoms with van der Waals surface area (Å²) in [6.07, 6.45) is -1.81. The van der Waals surface area contributed by atoms with E-state index in [-0.39, 0.29) is 18.0 Å². The van der Waals surface area contributed by atoms with Crippen LogP contribution in [0, 0.1) is 0 Å². The Morgan fingerprint density at radius 1 is 1.38 bits per heavy atom. The van der Waals surface area contributed by atoms with Crippen molar-refractivity contribution in [3.05, 3.63) is 17.8 Å². The minimum Gasteiger partial charge on any atom is -0.443 e. The first kappa shape index (κ1) is 20.5. The van der Waals surface area contributed by atoms with E-state index in [1.165, 1.54) is 4.90 Å². The van der Waals surface area contributed by atoms with Gasteiger partial charge in [0.25, 0.3) is 0 Å². The largest absolute Gasteiger partial charge is 0.443 e. The lowest BCUT2D eigenvalue weighted by Crippen LogP contribution is -2.45. The van der Waals surface area contributed by atoms with E-state index in [1.54, 1.807) is 6.20 Å². The summed E-state index contributed by atoms with van der Waals surface area (Å²) in [6.45, 7) is 8.88.